The average molecular weight is 412 g/mol. The number of nitrogen functional groups attached to an aromatic ring is 1. The smallest absolute Gasteiger partial charge is 0.127 e. The molecule has 0 amide bonds. The van der Waals surface area contributed by atoms with Crippen molar-refractivity contribution in [3.8, 4) is 11.8 Å². The molecule has 2 aromatic carbocycles. The highest BCUT2D eigenvalue weighted by Gasteiger charge is 2.62. The Balaban J connectivity index is 1.56. The van der Waals surface area contributed by atoms with Crippen LogP contribution < -0.4 is 11.5 Å². The van der Waals surface area contributed by atoms with Crippen LogP contribution in [0.5, 0.6) is 0 Å². The van der Waals surface area contributed by atoms with E-state index in [9.17, 15) is 0 Å². The van der Waals surface area contributed by atoms with Gasteiger partial charge in [0.1, 0.15) is 11.4 Å². The van der Waals surface area contributed by atoms with Crippen molar-refractivity contribution in [3.63, 3.8) is 0 Å². The number of rotatable bonds is 1. The van der Waals surface area contributed by atoms with E-state index in [1.807, 2.05) is 19.2 Å². The maximum Gasteiger partial charge on any atom is 0.127 e. The number of methoxy groups -OCH3 is 1. The van der Waals surface area contributed by atoms with Gasteiger partial charge in [-0.25, -0.2) is 0 Å². The maximum atomic E-state index is 6.55. The number of anilines is 1. The number of fused-ring (bicyclic) bond motifs is 5. The second kappa shape index (κ2) is 6.61. The fourth-order valence-electron chi connectivity index (χ4n) is 6.25. The van der Waals surface area contributed by atoms with Gasteiger partial charge in [-0.3, -0.25) is 4.99 Å². The molecule has 4 heteroatoms. The average Bonchev–Trinajstić information content (AvgIpc) is 3.52. The SMILES string of the molecule is COC1CCC2(CC1)Cc1ccc(C#CC3CC3)cc1C21N=C(N)c2ccc(N)cc21. The first-order valence-corrected chi connectivity index (χ1v) is 11.5. The molecule has 4 aliphatic rings. The van der Waals surface area contributed by atoms with E-state index in [4.69, 9.17) is 21.2 Å². The molecule has 1 aliphatic heterocycles. The van der Waals surface area contributed by atoms with Gasteiger partial charge in [-0.1, -0.05) is 17.9 Å². The molecule has 2 fully saturated rings. The van der Waals surface area contributed by atoms with Crippen LogP contribution in [0.4, 0.5) is 5.69 Å². The number of ether oxygens (including phenoxy) is 1. The fourth-order valence-corrected chi connectivity index (χ4v) is 6.25. The molecule has 0 radical (unpaired) electrons. The minimum Gasteiger partial charge on any atom is -0.399 e. The normalized spacial score (nSPS) is 30.6. The molecule has 4 N–H and O–H groups in total. The zero-order valence-corrected chi connectivity index (χ0v) is 18.1. The third kappa shape index (κ3) is 2.69. The number of aliphatic imine (C=N–C) groups is 1. The number of hydrogen-bond donors (Lipinski definition) is 2. The molecule has 2 spiro atoms. The number of amidine groups is 1. The van der Waals surface area contributed by atoms with Crippen LogP contribution in [-0.4, -0.2) is 19.0 Å². The van der Waals surface area contributed by atoms with Gasteiger partial charge in [0.15, 0.2) is 0 Å². The Morgan fingerprint density at radius 2 is 1.81 bits per heavy atom. The van der Waals surface area contributed by atoms with E-state index in [0.717, 1.165) is 48.9 Å². The van der Waals surface area contributed by atoms with Crippen LogP contribution in [-0.2, 0) is 16.7 Å². The van der Waals surface area contributed by atoms with Crippen LogP contribution in [0.25, 0.3) is 0 Å². The summed E-state index contributed by atoms with van der Waals surface area (Å²) in [7, 11) is 1.83. The Morgan fingerprint density at radius 1 is 1.00 bits per heavy atom. The van der Waals surface area contributed by atoms with Gasteiger partial charge in [0.05, 0.1) is 6.10 Å². The first-order chi connectivity index (χ1) is 15.0. The molecule has 3 aliphatic carbocycles. The van der Waals surface area contributed by atoms with Crippen molar-refractivity contribution in [3.05, 3.63) is 64.2 Å². The molecule has 0 aromatic heterocycles. The maximum absolute atomic E-state index is 6.55. The molecule has 6 rings (SSSR count). The first kappa shape index (κ1) is 19.0. The van der Waals surface area contributed by atoms with E-state index in [-0.39, 0.29) is 5.41 Å². The Hall–Kier alpha value is -2.77. The lowest BCUT2D eigenvalue weighted by molar-refractivity contribution is 0.00686. The van der Waals surface area contributed by atoms with Crippen LogP contribution in [0.2, 0.25) is 0 Å². The third-order valence-electron chi connectivity index (χ3n) is 8.01. The molecule has 1 unspecified atom stereocenters. The molecule has 1 heterocycles. The van der Waals surface area contributed by atoms with Crippen LogP contribution in [0.1, 0.15) is 66.3 Å². The van der Waals surface area contributed by atoms with E-state index in [2.05, 4.69) is 36.1 Å². The van der Waals surface area contributed by atoms with E-state index < -0.39 is 5.54 Å². The molecular formula is C27H29N3O. The van der Waals surface area contributed by atoms with Crippen molar-refractivity contribution < 1.29 is 4.74 Å². The molecule has 4 nitrogen and oxygen atoms in total. The predicted molar refractivity (Wildman–Crippen MR) is 124 cm³/mol. The first-order valence-electron chi connectivity index (χ1n) is 11.5. The molecule has 158 valence electrons. The Kier molecular flexibility index (Phi) is 4.04. The topological polar surface area (TPSA) is 73.6 Å². The lowest BCUT2D eigenvalue weighted by Gasteiger charge is -2.47. The summed E-state index contributed by atoms with van der Waals surface area (Å²) in [6.45, 7) is 0. The van der Waals surface area contributed by atoms with Crippen LogP contribution >= 0.6 is 0 Å². The standard InChI is InChI=1S/C27H29N3O/c1-31-21-10-12-26(13-11-21)16-19-7-6-18(5-4-17-2-3-17)14-23(19)27(26)24-15-20(28)8-9-22(24)25(29)30-27/h6-9,14-15,17,21H,2-3,10-13,16,28H2,1H3,(H2,29,30). The summed E-state index contributed by atoms with van der Waals surface area (Å²) in [5, 5.41) is 0. The van der Waals surface area contributed by atoms with Gasteiger partial charge in [0, 0.05) is 35.3 Å². The van der Waals surface area contributed by atoms with Crippen molar-refractivity contribution in [2.45, 2.75) is 56.6 Å². The van der Waals surface area contributed by atoms with Crippen LogP contribution in [0.3, 0.4) is 0 Å². The minimum atomic E-state index is -0.479. The van der Waals surface area contributed by atoms with Gasteiger partial charge in [-0.05, 0) is 92.0 Å². The zero-order valence-electron chi connectivity index (χ0n) is 18.1. The van der Waals surface area contributed by atoms with Gasteiger partial charge in [0.2, 0.25) is 0 Å². The highest BCUT2D eigenvalue weighted by atomic mass is 16.5. The quantitative estimate of drug-likeness (QED) is 0.547. The van der Waals surface area contributed by atoms with Gasteiger partial charge in [-0.15, -0.1) is 0 Å². The van der Waals surface area contributed by atoms with E-state index >= 15 is 0 Å². The molecule has 31 heavy (non-hydrogen) atoms. The van der Waals surface area contributed by atoms with Crippen molar-refractivity contribution in [2.75, 3.05) is 12.8 Å². The van der Waals surface area contributed by atoms with Gasteiger partial charge in [0.25, 0.3) is 0 Å². The summed E-state index contributed by atoms with van der Waals surface area (Å²) < 4.78 is 5.71. The molecule has 0 saturated heterocycles. The van der Waals surface area contributed by atoms with Crippen molar-refractivity contribution in [2.24, 2.45) is 22.1 Å². The third-order valence-corrected chi connectivity index (χ3v) is 8.01. The number of nitrogens with zero attached hydrogens (tertiary/aromatic N) is 1. The zero-order chi connectivity index (χ0) is 21.2. The lowest BCUT2D eigenvalue weighted by atomic mass is 9.59. The summed E-state index contributed by atoms with van der Waals surface area (Å²) in [5.41, 5.74) is 19.1. The molecule has 0 bridgehead atoms. The van der Waals surface area contributed by atoms with E-state index in [1.54, 1.807) is 0 Å². The minimum absolute atomic E-state index is 0.00340. The fraction of sp³-hybridized carbons (Fsp3) is 0.444. The predicted octanol–water partition coefficient (Wildman–Crippen LogP) is 4.12. The van der Waals surface area contributed by atoms with E-state index in [0.29, 0.717) is 17.9 Å². The number of benzene rings is 2. The molecule has 2 saturated carbocycles. The Bertz CT molecular complexity index is 1160. The Morgan fingerprint density at radius 3 is 2.55 bits per heavy atom. The van der Waals surface area contributed by atoms with Gasteiger partial charge < -0.3 is 16.2 Å². The molecular weight excluding hydrogens is 382 g/mol. The van der Waals surface area contributed by atoms with Crippen molar-refractivity contribution in [1.82, 2.24) is 0 Å². The molecule has 2 aromatic rings. The Labute approximate surface area is 184 Å². The monoisotopic (exact) mass is 411 g/mol. The van der Waals surface area contributed by atoms with Crippen molar-refractivity contribution in [1.29, 1.82) is 0 Å². The summed E-state index contributed by atoms with van der Waals surface area (Å²) >= 11 is 0. The second-order valence-electron chi connectivity index (χ2n) is 9.82. The lowest BCUT2D eigenvalue weighted by Crippen LogP contribution is -2.45. The highest BCUT2D eigenvalue weighted by Crippen LogP contribution is 2.64. The summed E-state index contributed by atoms with van der Waals surface area (Å²) in [6.07, 6.45) is 8.04. The van der Waals surface area contributed by atoms with Crippen LogP contribution in [0.15, 0.2) is 41.4 Å². The number of hydrogen-bond acceptors (Lipinski definition) is 4. The summed E-state index contributed by atoms with van der Waals surface area (Å²) in [6, 6.07) is 12.8. The summed E-state index contributed by atoms with van der Waals surface area (Å²) in [4.78, 5) is 5.30. The van der Waals surface area contributed by atoms with Gasteiger partial charge >= 0.3 is 0 Å². The molecule has 1 atom stereocenters. The van der Waals surface area contributed by atoms with Gasteiger partial charge in [-0.2, -0.15) is 0 Å². The summed E-state index contributed by atoms with van der Waals surface area (Å²) in [5.74, 6) is 8.05. The largest absolute Gasteiger partial charge is 0.399 e. The van der Waals surface area contributed by atoms with E-state index in [1.165, 1.54) is 29.5 Å². The second-order valence-corrected chi connectivity index (χ2v) is 9.82. The van der Waals surface area contributed by atoms with Crippen LogP contribution in [0, 0.1) is 23.2 Å². The number of nitrogens with two attached hydrogens (primary N) is 2. The van der Waals surface area contributed by atoms with Crippen molar-refractivity contribution >= 4 is 11.5 Å². The highest BCUT2D eigenvalue weighted by molar-refractivity contribution is 6.03.